The average Bonchev–Trinajstić information content (AvgIpc) is 2.43. The molecule has 0 aliphatic heterocycles. The maximum atomic E-state index is 11.0. The van der Waals surface area contributed by atoms with Gasteiger partial charge in [0.2, 0.25) is 5.91 Å². The number of rotatable bonds is 3. The van der Waals surface area contributed by atoms with Gasteiger partial charge in [0.15, 0.2) is 0 Å². The first kappa shape index (κ1) is 10.8. The molecule has 1 atom stereocenters. The van der Waals surface area contributed by atoms with Crippen molar-refractivity contribution in [3.05, 3.63) is 17.0 Å². The summed E-state index contributed by atoms with van der Waals surface area (Å²) in [5.41, 5.74) is 1.85. The number of nitrogens with zero attached hydrogens (tertiary/aromatic N) is 1. The van der Waals surface area contributed by atoms with E-state index in [1.165, 1.54) is 6.92 Å². The van der Waals surface area contributed by atoms with Crippen molar-refractivity contribution >= 4 is 5.91 Å². The Kier molecular flexibility index (Phi) is 3.28. The molecule has 0 fully saturated rings. The van der Waals surface area contributed by atoms with E-state index in [1.54, 1.807) is 0 Å². The van der Waals surface area contributed by atoms with Gasteiger partial charge in [-0.15, -0.1) is 0 Å². The molecule has 0 aromatic carbocycles. The van der Waals surface area contributed by atoms with Crippen LogP contribution in [0, 0.1) is 13.8 Å². The summed E-state index contributed by atoms with van der Waals surface area (Å²) in [6, 6.07) is 0.0127. The molecule has 1 amide bonds. The Morgan fingerprint density at radius 3 is 2.57 bits per heavy atom. The monoisotopic (exact) mass is 196 g/mol. The fraction of sp³-hybridized carbons (Fsp3) is 0.600. The van der Waals surface area contributed by atoms with Crippen molar-refractivity contribution < 1.29 is 9.32 Å². The summed E-state index contributed by atoms with van der Waals surface area (Å²) in [5, 5.41) is 6.74. The molecule has 4 heteroatoms. The Labute approximate surface area is 83.7 Å². The topological polar surface area (TPSA) is 55.1 Å². The van der Waals surface area contributed by atoms with Gasteiger partial charge in [-0.2, -0.15) is 0 Å². The molecule has 0 spiro atoms. The molecular weight excluding hydrogens is 180 g/mol. The summed E-state index contributed by atoms with van der Waals surface area (Å²) in [6.45, 7) is 7.28. The highest BCUT2D eigenvalue weighted by Crippen LogP contribution is 2.23. The normalized spacial score (nSPS) is 12.6. The number of hydrogen-bond donors (Lipinski definition) is 1. The van der Waals surface area contributed by atoms with Crippen molar-refractivity contribution in [2.45, 2.75) is 40.2 Å². The second-order valence-corrected chi connectivity index (χ2v) is 3.40. The second kappa shape index (κ2) is 4.26. The zero-order chi connectivity index (χ0) is 10.7. The summed E-state index contributed by atoms with van der Waals surface area (Å²) in [4.78, 5) is 11.0. The van der Waals surface area contributed by atoms with Crippen LogP contribution in [0.4, 0.5) is 0 Å². The van der Waals surface area contributed by atoms with E-state index >= 15 is 0 Å². The molecule has 0 saturated carbocycles. The summed E-state index contributed by atoms with van der Waals surface area (Å²) in [7, 11) is 0. The van der Waals surface area contributed by atoms with E-state index in [9.17, 15) is 4.79 Å². The van der Waals surface area contributed by atoms with Crippen LogP contribution in [0.5, 0.6) is 0 Å². The number of hydrogen-bond acceptors (Lipinski definition) is 3. The first-order chi connectivity index (χ1) is 6.56. The average molecular weight is 196 g/mol. The molecule has 1 aromatic rings. The Balaban J connectivity index is 2.94. The van der Waals surface area contributed by atoms with Crippen molar-refractivity contribution in [3.63, 3.8) is 0 Å². The first-order valence-electron chi connectivity index (χ1n) is 4.76. The highest BCUT2D eigenvalue weighted by Gasteiger charge is 2.19. The molecule has 1 rings (SSSR count). The molecule has 0 radical (unpaired) electrons. The van der Waals surface area contributed by atoms with Crippen molar-refractivity contribution in [2.24, 2.45) is 0 Å². The van der Waals surface area contributed by atoms with Crippen LogP contribution >= 0.6 is 0 Å². The lowest BCUT2D eigenvalue weighted by atomic mass is 10.0. The Hall–Kier alpha value is -1.32. The van der Waals surface area contributed by atoms with Gasteiger partial charge in [-0.1, -0.05) is 12.1 Å². The summed E-state index contributed by atoms with van der Waals surface area (Å²) < 4.78 is 5.06. The minimum atomic E-state index is -0.0307. The van der Waals surface area contributed by atoms with Crippen LogP contribution in [-0.2, 0) is 4.79 Å². The largest absolute Gasteiger partial charge is 0.361 e. The minimum Gasteiger partial charge on any atom is -0.361 e. The van der Waals surface area contributed by atoms with E-state index in [1.807, 2.05) is 20.8 Å². The van der Waals surface area contributed by atoms with Gasteiger partial charge < -0.3 is 9.84 Å². The molecule has 78 valence electrons. The van der Waals surface area contributed by atoms with E-state index in [0.29, 0.717) is 0 Å². The molecule has 0 saturated heterocycles. The predicted molar refractivity (Wildman–Crippen MR) is 52.8 cm³/mol. The van der Waals surface area contributed by atoms with Crippen molar-refractivity contribution in [1.82, 2.24) is 10.5 Å². The first-order valence-corrected chi connectivity index (χ1v) is 4.76. The van der Waals surface area contributed by atoms with Crippen molar-refractivity contribution in [1.29, 1.82) is 0 Å². The van der Waals surface area contributed by atoms with Gasteiger partial charge in [0.25, 0.3) is 0 Å². The maximum absolute atomic E-state index is 11.0. The Bertz CT molecular complexity index is 311. The third-order valence-electron chi connectivity index (χ3n) is 2.22. The van der Waals surface area contributed by atoms with E-state index < -0.39 is 0 Å². The molecule has 4 nitrogen and oxygen atoms in total. The van der Waals surface area contributed by atoms with Crippen molar-refractivity contribution in [3.8, 4) is 0 Å². The number of carbonyl (C=O) groups excluding carboxylic acids is 1. The third-order valence-corrected chi connectivity index (χ3v) is 2.22. The van der Waals surface area contributed by atoms with Crippen LogP contribution in [0.25, 0.3) is 0 Å². The lowest BCUT2D eigenvalue weighted by molar-refractivity contribution is -0.119. The number of carbonyl (C=O) groups is 1. The van der Waals surface area contributed by atoms with Gasteiger partial charge in [0.1, 0.15) is 5.76 Å². The number of aromatic nitrogens is 1. The highest BCUT2D eigenvalue weighted by atomic mass is 16.5. The number of aryl methyl sites for hydroxylation is 2. The quantitative estimate of drug-likeness (QED) is 0.803. The van der Waals surface area contributed by atoms with Gasteiger partial charge in [0.05, 0.1) is 11.7 Å². The van der Waals surface area contributed by atoms with E-state index in [2.05, 4.69) is 10.5 Å². The number of amides is 1. The lowest BCUT2D eigenvalue weighted by Gasteiger charge is -2.15. The van der Waals surface area contributed by atoms with E-state index in [4.69, 9.17) is 4.52 Å². The molecule has 14 heavy (non-hydrogen) atoms. The Morgan fingerprint density at radius 1 is 1.57 bits per heavy atom. The fourth-order valence-corrected chi connectivity index (χ4v) is 1.61. The highest BCUT2D eigenvalue weighted by molar-refractivity contribution is 5.73. The van der Waals surface area contributed by atoms with Gasteiger partial charge in [0, 0.05) is 12.5 Å². The predicted octanol–water partition coefficient (Wildman–Crippen LogP) is 1.88. The molecule has 0 aliphatic carbocycles. The molecule has 0 aliphatic rings. The molecule has 1 heterocycles. The van der Waals surface area contributed by atoms with E-state index in [0.717, 1.165) is 23.4 Å². The maximum Gasteiger partial charge on any atom is 0.217 e. The molecule has 1 unspecified atom stereocenters. The molecular formula is C10H16N2O2. The van der Waals surface area contributed by atoms with Crippen LogP contribution in [-0.4, -0.2) is 11.1 Å². The minimum absolute atomic E-state index is 0.0127. The standard InChI is InChI=1S/C10H16N2O2/c1-5-9(11-8(4)13)10-6(2)12-14-7(10)3/h9H,5H2,1-4H3,(H,11,13). The molecule has 1 aromatic heterocycles. The summed E-state index contributed by atoms with van der Waals surface area (Å²) in [5.74, 6) is 0.750. The van der Waals surface area contributed by atoms with Crippen LogP contribution < -0.4 is 5.32 Å². The van der Waals surface area contributed by atoms with Crippen LogP contribution in [0.2, 0.25) is 0 Å². The SMILES string of the molecule is CCC(NC(C)=O)c1c(C)noc1C. The van der Waals surface area contributed by atoms with Gasteiger partial charge >= 0.3 is 0 Å². The van der Waals surface area contributed by atoms with Gasteiger partial charge in [-0.05, 0) is 20.3 Å². The number of nitrogens with one attached hydrogen (secondary N) is 1. The third kappa shape index (κ3) is 2.13. The Morgan fingerprint density at radius 2 is 2.21 bits per heavy atom. The molecule has 1 N–H and O–H groups in total. The van der Waals surface area contributed by atoms with Crippen molar-refractivity contribution in [2.75, 3.05) is 0 Å². The van der Waals surface area contributed by atoms with Gasteiger partial charge in [-0.3, -0.25) is 4.79 Å². The van der Waals surface area contributed by atoms with E-state index in [-0.39, 0.29) is 11.9 Å². The zero-order valence-corrected chi connectivity index (χ0v) is 9.05. The second-order valence-electron chi connectivity index (χ2n) is 3.40. The van der Waals surface area contributed by atoms with Crippen LogP contribution in [0.15, 0.2) is 4.52 Å². The van der Waals surface area contributed by atoms with Gasteiger partial charge in [-0.25, -0.2) is 0 Å². The van der Waals surface area contributed by atoms with Crippen LogP contribution in [0.1, 0.15) is 43.3 Å². The summed E-state index contributed by atoms with van der Waals surface area (Å²) >= 11 is 0. The lowest BCUT2D eigenvalue weighted by Crippen LogP contribution is -2.26. The zero-order valence-electron chi connectivity index (χ0n) is 9.05. The van der Waals surface area contributed by atoms with Crippen LogP contribution in [0.3, 0.4) is 0 Å². The smallest absolute Gasteiger partial charge is 0.217 e. The fourth-order valence-electron chi connectivity index (χ4n) is 1.61. The molecule has 0 bridgehead atoms. The summed E-state index contributed by atoms with van der Waals surface area (Å²) in [6.07, 6.45) is 0.836.